The zero-order chi connectivity index (χ0) is 14.7. The summed E-state index contributed by atoms with van der Waals surface area (Å²) in [7, 11) is 4.12. The van der Waals surface area contributed by atoms with E-state index in [1.807, 2.05) is 12.1 Å². The van der Waals surface area contributed by atoms with E-state index in [9.17, 15) is 0 Å². The van der Waals surface area contributed by atoms with Gasteiger partial charge in [-0.15, -0.1) is 0 Å². The van der Waals surface area contributed by atoms with Gasteiger partial charge in [0.25, 0.3) is 0 Å². The molecule has 0 aromatic heterocycles. The fraction of sp³-hybridized carbons (Fsp3) is 0.529. The number of nitrogens with one attached hydrogen (secondary N) is 1. The Labute approximate surface area is 127 Å². The number of nitrogens with zero attached hydrogens (tertiary/aromatic N) is 1. The van der Waals surface area contributed by atoms with Gasteiger partial charge in [0, 0.05) is 25.7 Å². The summed E-state index contributed by atoms with van der Waals surface area (Å²) in [6, 6.07) is 6.03. The third kappa shape index (κ3) is 3.92. The number of benzene rings is 1. The quantitative estimate of drug-likeness (QED) is 0.801. The molecule has 0 bridgehead atoms. The lowest BCUT2D eigenvalue weighted by Crippen LogP contribution is -2.21. The fourth-order valence-electron chi connectivity index (χ4n) is 3.14. The van der Waals surface area contributed by atoms with Crippen molar-refractivity contribution in [2.24, 2.45) is 11.8 Å². The minimum atomic E-state index is 0.697. The van der Waals surface area contributed by atoms with E-state index < -0.39 is 0 Å². The van der Waals surface area contributed by atoms with Crippen molar-refractivity contribution < 1.29 is 0 Å². The van der Waals surface area contributed by atoms with E-state index in [1.165, 1.54) is 24.1 Å². The molecule has 110 valence electrons. The molecule has 0 aliphatic heterocycles. The van der Waals surface area contributed by atoms with Crippen molar-refractivity contribution in [3.63, 3.8) is 0 Å². The largest absolute Gasteiger partial charge is 0.383 e. The van der Waals surface area contributed by atoms with Gasteiger partial charge in [0.15, 0.2) is 0 Å². The van der Waals surface area contributed by atoms with Gasteiger partial charge in [-0.25, -0.2) is 0 Å². The van der Waals surface area contributed by atoms with Crippen molar-refractivity contribution in [2.45, 2.75) is 26.7 Å². The molecular weight excluding hydrogens is 268 g/mol. The van der Waals surface area contributed by atoms with E-state index in [0.29, 0.717) is 11.8 Å². The molecule has 1 aromatic rings. The van der Waals surface area contributed by atoms with Crippen molar-refractivity contribution in [1.82, 2.24) is 0 Å². The first kappa shape index (κ1) is 15.2. The summed E-state index contributed by atoms with van der Waals surface area (Å²) in [6.07, 6.45) is 4.87. The molecule has 1 aliphatic carbocycles. The Bertz CT molecular complexity index is 494. The Kier molecular flexibility index (Phi) is 4.98. The van der Waals surface area contributed by atoms with Crippen LogP contribution >= 0.6 is 11.6 Å². The van der Waals surface area contributed by atoms with Crippen LogP contribution in [0.4, 0.5) is 11.4 Å². The van der Waals surface area contributed by atoms with Crippen molar-refractivity contribution in [2.75, 3.05) is 30.9 Å². The molecule has 2 rings (SSSR count). The minimum absolute atomic E-state index is 0.697. The predicted octanol–water partition coefficient (Wildman–Crippen LogP) is 4.81. The van der Waals surface area contributed by atoms with Gasteiger partial charge < -0.3 is 10.2 Å². The molecule has 0 heterocycles. The van der Waals surface area contributed by atoms with Crippen molar-refractivity contribution >= 4 is 23.0 Å². The van der Waals surface area contributed by atoms with E-state index in [2.05, 4.69) is 50.3 Å². The smallest absolute Gasteiger partial charge is 0.0597 e. The second kappa shape index (κ2) is 6.53. The molecule has 0 radical (unpaired) electrons. The summed E-state index contributed by atoms with van der Waals surface area (Å²) >= 11 is 6.12. The summed E-state index contributed by atoms with van der Waals surface area (Å²) < 4.78 is 0. The fourth-order valence-corrected chi connectivity index (χ4v) is 3.31. The SMILES string of the molecule is CC1=CC(C)CC(CNc2cc(Cl)ccc2N(C)C)C1. The van der Waals surface area contributed by atoms with Gasteiger partial charge in [-0.05, 0) is 49.8 Å². The second-order valence-electron chi connectivity index (χ2n) is 6.23. The van der Waals surface area contributed by atoms with E-state index in [1.54, 1.807) is 0 Å². The van der Waals surface area contributed by atoms with Gasteiger partial charge in [-0.3, -0.25) is 0 Å². The Morgan fingerprint density at radius 3 is 2.75 bits per heavy atom. The van der Waals surface area contributed by atoms with Crippen LogP contribution in [0, 0.1) is 11.8 Å². The maximum Gasteiger partial charge on any atom is 0.0597 e. The van der Waals surface area contributed by atoms with Gasteiger partial charge in [0.1, 0.15) is 0 Å². The molecule has 0 amide bonds. The summed E-state index contributed by atoms with van der Waals surface area (Å²) in [6.45, 7) is 5.56. The lowest BCUT2D eigenvalue weighted by Gasteiger charge is -2.27. The van der Waals surface area contributed by atoms with Gasteiger partial charge in [-0.1, -0.05) is 30.2 Å². The van der Waals surface area contributed by atoms with Crippen LogP contribution in [0.5, 0.6) is 0 Å². The molecule has 0 spiro atoms. The molecule has 0 saturated carbocycles. The Balaban J connectivity index is 2.04. The Morgan fingerprint density at radius 2 is 2.10 bits per heavy atom. The van der Waals surface area contributed by atoms with Gasteiger partial charge in [0.2, 0.25) is 0 Å². The zero-order valence-corrected chi connectivity index (χ0v) is 13.7. The molecule has 1 N–H and O–H groups in total. The molecule has 0 saturated heterocycles. The second-order valence-corrected chi connectivity index (χ2v) is 6.67. The first-order valence-corrected chi connectivity index (χ1v) is 7.71. The monoisotopic (exact) mass is 292 g/mol. The standard InChI is InChI=1S/C17H25ClN2/c1-12-7-13(2)9-14(8-12)11-19-16-10-15(18)5-6-17(16)20(3)4/h5-7,10,12,14,19H,8-9,11H2,1-4H3. The van der Waals surface area contributed by atoms with Crippen LogP contribution in [-0.4, -0.2) is 20.6 Å². The van der Waals surface area contributed by atoms with Crippen LogP contribution in [0.2, 0.25) is 5.02 Å². The van der Waals surface area contributed by atoms with Gasteiger partial charge in [0.05, 0.1) is 11.4 Å². The van der Waals surface area contributed by atoms with E-state index in [0.717, 1.165) is 17.3 Å². The number of anilines is 2. The highest BCUT2D eigenvalue weighted by atomic mass is 35.5. The van der Waals surface area contributed by atoms with Gasteiger partial charge in [-0.2, -0.15) is 0 Å². The normalized spacial score (nSPS) is 22.4. The highest BCUT2D eigenvalue weighted by Gasteiger charge is 2.18. The molecule has 1 aliphatic rings. The van der Waals surface area contributed by atoms with Crippen LogP contribution in [0.15, 0.2) is 29.8 Å². The lowest BCUT2D eigenvalue weighted by molar-refractivity contribution is 0.421. The summed E-state index contributed by atoms with van der Waals surface area (Å²) in [5.41, 5.74) is 3.84. The number of rotatable bonds is 4. The molecule has 2 atom stereocenters. The molecular formula is C17H25ClN2. The average Bonchev–Trinajstić information content (AvgIpc) is 2.35. The van der Waals surface area contributed by atoms with Gasteiger partial charge >= 0.3 is 0 Å². The highest BCUT2D eigenvalue weighted by Crippen LogP contribution is 2.31. The number of allylic oxidation sites excluding steroid dienone is 2. The third-order valence-electron chi connectivity index (χ3n) is 3.91. The predicted molar refractivity (Wildman–Crippen MR) is 89.9 cm³/mol. The lowest BCUT2D eigenvalue weighted by atomic mass is 9.83. The van der Waals surface area contributed by atoms with E-state index in [-0.39, 0.29) is 0 Å². The van der Waals surface area contributed by atoms with E-state index in [4.69, 9.17) is 11.6 Å². The summed E-state index contributed by atoms with van der Waals surface area (Å²) in [5.74, 6) is 1.41. The Hall–Kier alpha value is -1.15. The number of halogens is 1. The first-order chi connectivity index (χ1) is 9.45. The zero-order valence-electron chi connectivity index (χ0n) is 12.9. The molecule has 20 heavy (non-hydrogen) atoms. The third-order valence-corrected chi connectivity index (χ3v) is 4.14. The van der Waals surface area contributed by atoms with Crippen LogP contribution in [0.25, 0.3) is 0 Å². The number of hydrogen-bond acceptors (Lipinski definition) is 2. The van der Waals surface area contributed by atoms with Crippen molar-refractivity contribution in [3.05, 3.63) is 34.9 Å². The Morgan fingerprint density at radius 1 is 1.35 bits per heavy atom. The molecule has 3 heteroatoms. The van der Waals surface area contributed by atoms with Crippen LogP contribution < -0.4 is 10.2 Å². The van der Waals surface area contributed by atoms with Crippen LogP contribution in [0.3, 0.4) is 0 Å². The summed E-state index contributed by atoms with van der Waals surface area (Å²) in [4.78, 5) is 2.12. The number of hydrogen-bond donors (Lipinski definition) is 1. The molecule has 2 unspecified atom stereocenters. The average molecular weight is 293 g/mol. The maximum absolute atomic E-state index is 6.12. The van der Waals surface area contributed by atoms with Crippen molar-refractivity contribution in [1.29, 1.82) is 0 Å². The van der Waals surface area contributed by atoms with E-state index >= 15 is 0 Å². The topological polar surface area (TPSA) is 15.3 Å². The maximum atomic E-state index is 6.12. The summed E-state index contributed by atoms with van der Waals surface area (Å²) in [5, 5.41) is 4.38. The molecule has 1 aromatic carbocycles. The molecule has 2 nitrogen and oxygen atoms in total. The van der Waals surface area contributed by atoms with Crippen molar-refractivity contribution in [3.8, 4) is 0 Å². The molecule has 0 fully saturated rings. The van der Waals surface area contributed by atoms with Crippen LogP contribution in [0.1, 0.15) is 26.7 Å². The van der Waals surface area contributed by atoms with Crippen LogP contribution in [-0.2, 0) is 0 Å². The first-order valence-electron chi connectivity index (χ1n) is 7.33. The highest BCUT2D eigenvalue weighted by molar-refractivity contribution is 6.31. The minimum Gasteiger partial charge on any atom is -0.383 e.